The predicted octanol–water partition coefficient (Wildman–Crippen LogP) is 1.69. The number of nitrogens with one attached hydrogen (secondary N) is 1. The molecule has 0 atom stereocenters. The van der Waals surface area contributed by atoms with Gasteiger partial charge in [0.05, 0.1) is 23.2 Å². The molecule has 2 aromatic rings. The van der Waals surface area contributed by atoms with Gasteiger partial charge in [0.15, 0.2) is 0 Å². The lowest BCUT2D eigenvalue weighted by atomic mass is 10.3. The number of hydrogen-bond donors (Lipinski definition) is 1. The maximum absolute atomic E-state index is 4.25. The van der Waals surface area contributed by atoms with Crippen molar-refractivity contribution in [3.8, 4) is 0 Å². The molecule has 2 aromatic heterocycles. The second-order valence-corrected chi connectivity index (χ2v) is 4.30. The summed E-state index contributed by atoms with van der Waals surface area (Å²) >= 11 is 1.65. The molecule has 0 aliphatic rings. The lowest BCUT2D eigenvalue weighted by Crippen LogP contribution is -2.18. The Morgan fingerprint density at radius 3 is 3.19 bits per heavy atom. The van der Waals surface area contributed by atoms with Crippen LogP contribution in [0.3, 0.4) is 0 Å². The molecular weight excluding hydrogens is 220 g/mol. The Kier molecular flexibility index (Phi) is 4.07. The molecular formula is C11H16N4S. The summed E-state index contributed by atoms with van der Waals surface area (Å²) in [5, 5.41) is 5.50. The molecule has 16 heavy (non-hydrogen) atoms. The Hall–Kier alpha value is -1.20. The van der Waals surface area contributed by atoms with Gasteiger partial charge in [0, 0.05) is 37.6 Å². The molecule has 0 radical (unpaired) electrons. The molecule has 86 valence electrons. The van der Waals surface area contributed by atoms with Crippen LogP contribution in [0.4, 0.5) is 0 Å². The van der Waals surface area contributed by atoms with Crippen LogP contribution in [0, 0.1) is 0 Å². The van der Waals surface area contributed by atoms with Crippen LogP contribution in [-0.2, 0) is 19.5 Å². The quantitative estimate of drug-likeness (QED) is 0.776. The molecule has 0 fully saturated rings. The topological polar surface area (TPSA) is 42.7 Å². The molecule has 0 saturated heterocycles. The van der Waals surface area contributed by atoms with E-state index in [9.17, 15) is 0 Å². The number of hydrogen-bond acceptors (Lipinski definition) is 4. The molecule has 0 saturated carbocycles. The fraction of sp³-hybridized carbons (Fsp3) is 0.455. The first-order valence-corrected chi connectivity index (χ1v) is 6.41. The highest BCUT2D eigenvalue weighted by molar-refractivity contribution is 7.07. The molecule has 0 bridgehead atoms. The second kappa shape index (κ2) is 5.77. The second-order valence-electron chi connectivity index (χ2n) is 3.58. The average molecular weight is 236 g/mol. The number of aromatic nitrogens is 3. The van der Waals surface area contributed by atoms with Gasteiger partial charge in [0.1, 0.15) is 0 Å². The molecule has 0 spiro atoms. The highest BCUT2D eigenvalue weighted by Crippen LogP contribution is 2.01. The van der Waals surface area contributed by atoms with E-state index in [1.165, 1.54) is 11.4 Å². The Morgan fingerprint density at radius 1 is 1.50 bits per heavy atom. The van der Waals surface area contributed by atoms with Crippen LogP contribution in [0.5, 0.6) is 0 Å². The first-order chi connectivity index (χ1) is 7.90. The third kappa shape index (κ3) is 2.90. The lowest BCUT2D eigenvalue weighted by Gasteiger charge is -2.06. The largest absolute Gasteiger partial charge is 0.334 e. The van der Waals surface area contributed by atoms with Crippen molar-refractivity contribution in [2.75, 3.05) is 6.54 Å². The van der Waals surface area contributed by atoms with Crippen LogP contribution in [0.2, 0.25) is 0 Å². The molecule has 2 heterocycles. The highest BCUT2D eigenvalue weighted by Gasteiger charge is 1.99. The number of imidazole rings is 1. The SMILES string of the molecule is CCn1cncc1CNCCc1cscn1. The van der Waals surface area contributed by atoms with E-state index in [0.717, 1.165) is 26.1 Å². The summed E-state index contributed by atoms with van der Waals surface area (Å²) in [7, 11) is 0. The minimum absolute atomic E-state index is 0.873. The van der Waals surface area contributed by atoms with Crippen molar-refractivity contribution in [2.24, 2.45) is 0 Å². The molecule has 5 heteroatoms. The number of aryl methyl sites for hydroxylation is 1. The molecule has 0 aromatic carbocycles. The van der Waals surface area contributed by atoms with E-state index >= 15 is 0 Å². The zero-order chi connectivity index (χ0) is 11.2. The molecule has 0 aliphatic carbocycles. The Balaban J connectivity index is 1.72. The first-order valence-electron chi connectivity index (χ1n) is 5.47. The van der Waals surface area contributed by atoms with Gasteiger partial charge in [-0.1, -0.05) is 0 Å². The Labute approximate surface area is 99.4 Å². The maximum Gasteiger partial charge on any atom is 0.0948 e. The molecule has 0 amide bonds. The lowest BCUT2D eigenvalue weighted by molar-refractivity contribution is 0.625. The summed E-state index contributed by atoms with van der Waals surface area (Å²) in [4.78, 5) is 8.38. The van der Waals surface area contributed by atoms with Crippen LogP contribution in [0.15, 0.2) is 23.4 Å². The van der Waals surface area contributed by atoms with Gasteiger partial charge >= 0.3 is 0 Å². The van der Waals surface area contributed by atoms with Crippen LogP contribution in [0.25, 0.3) is 0 Å². The summed E-state index contributed by atoms with van der Waals surface area (Å²) in [6.45, 7) is 4.93. The predicted molar refractivity (Wildman–Crippen MR) is 65.4 cm³/mol. The fourth-order valence-corrected chi connectivity index (χ4v) is 2.17. The van der Waals surface area contributed by atoms with Crippen molar-refractivity contribution < 1.29 is 0 Å². The van der Waals surface area contributed by atoms with Crippen molar-refractivity contribution >= 4 is 11.3 Å². The number of rotatable bonds is 6. The summed E-state index contributed by atoms with van der Waals surface area (Å²) < 4.78 is 2.15. The summed E-state index contributed by atoms with van der Waals surface area (Å²) in [5.41, 5.74) is 4.28. The van der Waals surface area contributed by atoms with E-state index in [4.69, 9.17) is 0 Å². The molecule has 2 rings (SSSR count). The van der Waals surface area contributed by atoms with Gasteiger partial charge < -0.3 is 9.88 Å². The zero-order valence-electron chi connectivity index (χ0n) is 9.39. The van der Waals surface area contributed by atoms with E-state index in [1.54, 1.807) is 11.3 Å². The third-order valence-electron chi connectivity index (χ3n) is 2.49. The fourth-order valence-electron chi connectivity index (χ4n) is 1.57. The van der Waals surface area contributed by atoms with Crippen molar-refractivity contribution in [3.05, 3.63) is 34.8 Å². The molecule has 1 N–H and O–H groups in total. The number of nitrogens with zero attached hydrogens (tertiary/aromatic N) is 3. The van der Waals surface area contributed by atoms with Crippen LogP contribution < -0.4 is 5.32 Å². The minimum atomic E-state index is 0.873. The smallest absolute Gasteiger partial charge is 0.0948 e. The van der Waals surface area contributed by atoms with Gasteiger partial charge in [0.25, 0.3) is 0 Å². The minimum Gasteiger partial charge on any atom is -0.334 e. The zero-order valence-corrected chi connectivity index (χ0v) is 10.2. The van der Waals surface area contributed by atoms with Crippen molar-refractivity contribution in [3.63, 3.8) is 0 Å². The third-order valence-corrected chi connectivity index (χ3v) is 3.12. The van der Waals surface area contributed by atoms with Crippen molar-refractivity contribution in [1.82, 2.24) is 19.9 Å². The first kappa shape index (κ1) is 11.3. The standard InChI is InChI=1S/C11H16N4S/c1-2-15-8-13-6-11(15)5-12-4-3-10-7-16-9-14-10/h6-9,12H,2-5H2,1H3. The highest BCUT2D eigenvalue weighted by atomic mass is 32.1. The number of thiazole rings is 1. The molecule has 4 nitrogen and oxygen atoms in total. The van der Waals surface area contributed by atoms with Gasteiger partial charge in [-0.15, -0.1) is 11.3 Å². The van der Waals surface area contributed by atoms with Crippen LogP contribution in [-0.4, -0.2) is 21.1 Å². The van der Waals surface area contributed by atoms with Gasteiger partial charge in [-0.3, -0.25) is 0 Å². The summed E-state index contributed by atoms with van der Waals surface area (Å²) in [5.74, 6) is 0. The Bertz CT molecular complexity index is 407. The average Bonchev–Trinajstić information content (AvgIpc) is 2.95. The van der Waals surface area contributed by atoms with Gasteiger partial charge in [-0.2, -0.15) is 0 Å². The molecule has 0 aliphatic heterocycles. The Morgan fingerprint density at radius 2 is 2.44 bits per heavy atom. The van der Waals surface area contributed by atoms with Gasteiger partial charge in [-0.05, 0) is 6.92 Å². The van der Waals surface area contributed by atoms with E-state index < -0.39 is 0 Å². The van der Waals surface area contributed by atoms with Gasteiger partial charge in [-0.25, -0.2) is 9.97 Å². The van der Waals surface area contributed by atoms with E-state index in [2.05, 4.69) is 32.2 Å². The van der Waals surface area contributed by atoms with E-state index in [-0.39, 0.29) is 0 Å². The van der Waals surface area contributed by atoms with E-state index in [0.29, 0.717) is 0 Å². The summed E-state index contributed by atoms with van der Waals surface area (Å²) in [6, 6.07) is 0. The normalized spacial score (nSPS) is 10.8. The van der Waals surface area contributed by atoms with Gasteiger partial charge in [0.2, 0.25) is 0 Å². The van der Waals surface area contributed by atoms with Crippen molar-refractivity contribution in [1.29, 1.82) is 0 Å². The summed E-state index contributed by atoms with van der Waals surface area (Å²) in [6.07, 6.45) is 4.78. The van der Waals surface area contributed by atoms with Crippen LogP contribution >= 0.6 is 11.3 Å². The maximum atomic E-state index is 4.25. The molecule has 0 unspecified atom stereocenters. The van der Waals surface area contributed by atoms with Crippen molar-refractivity contribution in [2.45, 2.75) is 26.4 Å². The van der Waals surface area contributed by atoms with E-state index in [1.807, 2.05) is 18.0 Å². The van der Waals surface area contributed by atoms with Crippen LogP contribution in [0.1, 0.15) is 18.3 Å². The monoisotopic (exact) mass is 236 g/mol.